The van der Waals surface area contributed by atoms with Gasteiger partial charge in [-0.1, -0.05) is 134 Å². The van der Waals surface area contributed by atoms with E-state index in [0.29, 0.717) is 25.0 Å². The van der Waals surface area contributed by atoms with E-state index in [-0.39, 0.29) is 19.4 Å². The number of carbonyl (C=O) groups is 2. The molecule has 2 unspecified atom stereocenters. The fourth-order valence-electron chi connectivity index (χ4n) is 5.47. The Labute approximate surface area is 297 Å². The third-order valence-corrected chi connectivity index (χ3v) is 8.98. The summed E-state index contributed by atoms with van der Waals surface area (Å²) in [5.41, 5.74) is 0. The summed E-state index contributed by atoms with van der Waals surface area (Å²) in [6, 6.07) is 0. The van der Waals surface area contributed by atoms with Crippen molar-refractivity contribution in [3.63, 3.8) is 0 Å². The lowest BCUT2D eigenvalue weighted by atomic mass is 10.0. The van der Waals surface area contributed by atoms with Gasteiger partial charge in [-0.15, -0.1) is 0 Å². The van der Waals surface area contributed by atoms with E-state index in [1.165, 1.54) is 64.2 Å². The highest BCUT2D eigenvalue weighted by Crippen LogP contribution is 2.36. The lowest BCUT2D eigenvalue weighted by Gasteiger charge is -2.18. The number of esters is 2. The van der Waals surface area contributed by atoms with Gasteiger partial charge in [0.2, 0.25) is 0 Å². The number of phosphoric ester groups is 1. The zero-order valence-electron chi connectivity index (χ0n) is 30.9. The molecule has 1 heterocycles. The maximum absolute atomic E-state index is 12.4. The Kier molecular flexibility index (Phi) is 27.6. The minimum Gasteiger partial charge on any atom is -0.462 e. The highest BCUT2D eigenvalue weighted by molar-refractivity contribution is 7.46. The number of epoxide rings is 1. The number of rotatable bonds is 33. The van der Waals surface area contributed by atoms with Crippen LogP contribution < -0.4 is 0 Å². The molecule has 49 heavy (non-hydrogen) atoms. The van der Waals surface area contributed by atoms with Gasteiger partial charge in [-0.3, -0.25) is 14.1 Å². The van der Waals surface area contributed by atoms with E-state index in [1.54, 1.807) is 0 Å². The molecule has 1 fully saturated rings. The van der Waals surface area contributed by atoms with Crippen molar-refractivity contribution in [2.24, 2.45) is 5.92 Å². The molecular formula is C39H69O9P. The number of carbonyl (C=O) groups excluding carboxylic acids is 2. The molecule has 10 heteroatoms. The monoisotopic (exact) mass is 712 g/mol. The molecule has 0 aliphatic carbocycles. The summed E-state index contributed by atoms with van der Waals surface area (Å²) in [6.07, 6.45) is 34.8. The molecule has 1 saturated heterocycles. The van der Waals surface area contributed by atoms with Gasteiger partial charge in [0.15, 0.2) is 6.10 Å². The molecule has 2 N–H and O–H groups in total. The highest BCUT2D eigenvalue weighted by atomic mass is 31.2. The van der Waals surface area contributed by atoms with Crippen molar-refractivity contribution in [1.82, 2.24) is 0 Å². The molecule has 1 aliphatic heterocycles. The molecule has 284 valence electrons. The van der Waals surface area contributed by atoms with Crippen LogP contribution >= 0.6 is 7.82 Å². The summed E-state index contributed by atoms with van der Waals surface area (Å²) in [6.45, 7) is 5.89. The molecule has 3 atom stereocenters. The van der Waals surface area contributed by atoms with E-state index in [0.717, 1.165) is 57.3 Å². The molecule has 0 spiro atoms. The van der Waals surface area contributed by atoms with E-state index in [4.69, 9.17) is 24.0 Å². The summed E-state index contributed by atoms with van der Waals surface area (Å²) in [4.78, 5) is 42.7. The van der Waals surface area contributed by atoms with Gasteiger partial charge in [0.1, 0.15) is 6.61 Å². The molecule has 9 nitrogen and oxygen atoms in total. The van der Waals surface area contributed by atoms with E-state index in [2.05, 4.69) is 55.7 Å². The molecule has 0 amide bonds. The van der Waals surface area contributed by atoms with Gasteiger partial charge in [-0.25, -0.2) is 4.57 Å². The first-order chi connectivity index (χ1) is 23.6. The van der Waals surface area contributed by atoms with Gasteiger partial charge in [-0.2, -0.15) is 0 Å². The van der Waals surface area contributed by atoms with Crippen LogP contribution in [0.5, 0.6) is 0 Å². The average Bonchev–Trinajstić information content (AvgIpc) is 3.80. The van der Waals surface area contributed by atoms with Crippen molar-refractivity contribution in [2.45, 2.75) is 180 Å². The molecular weight excluding hydrogens is 643 g/mol. The number of hydrogen-bond donors (Lipinski definition) is 2. The van der Waals surface area contributed by atoms with Crippen LogP contribution in [0.3, 0.4) is 0 Å². The van der Waals surface area contributed by atoms with Crippen LogP contribution in [0.15, 0.2) is 36.5 Å². The Morgan fingerprint density at radius 3 is 1.88 bits per heavy atom. The van der Waals surface area contributed by atoms with Crippen LogP contribution in [0.25, 0.3) is 0 Å². The second-order valence-corrected chi connectivity index (χ2v) is 15.0. The van der Waals surface area contributed by atoms with Crippen molar-refractivity contribution < 1.29 is 42.7 Å². The third-order valence-electron chi connectivity index (χ3n) is 8.49. The Morgan fingerprint density at radius 1 is 0.694 bits per heavy atom. The van der Waals surface area contributed by atoms with Crippen LogP contribution in [-0.4, -0.2) is 53.3 Å². The minimum atomic E-state index is -4.76. The standard InChI is InChI=1S/C39H69O9P/c1-4-5-6-7-18-23-28-36-37(48-36)29-24-19-14-12-16-20-25-30-38(40)45-32-35(33-46-49(42,43)44)47-39(41)31-26-21-15-11-9-8-10-13-17-22-27-34(2)3/h12,16,18-19,23-24,34-37H,4-11,13-15,17,20-22,25-33H2,1-3H3,(H2,42,43,44)/b16-12-,23-18-,24-19-/t35-,36?,37?/m1/s1. The molecule has 0 bridgehead atoms. The van der Waals surface area contributed by atoms with Gasteiger partial charge in [0.05, 0.1) is 18.8 Å². The maximum atomic E-state index is 12.4. The van der Waals surface area contributed by atoms with E-state index >= 15 is 0 Å². The van der Waals surface area contributed by atoms with Crippen molar-refractivity contribution in [3.8, 4) is 0 Å². The second kappa shape index (κ2) is 29.9. The molecule has 0 aromatic rings. The zero-order valence-corrected chi connectivity index (χ0v) is 31.8. The fraction of sp³-hybridized carbons (Fsp3) is 0.795. The van der Waals surface area contributed by atoms with Crippen LogP contribution in [0.1, 0.15) is 162 Å². The van der Waals surface area contributed by atoms with Gasteiger partial charge >= 0.3 is 19.8 Å². The molecule has 0 aromatic carbocycles. The first-order valence-electron chi connectivity index (χ1n) is 19.3. The summed E-state index contributed by atoms with van der Waals surface area (Å²) in [5, 5.41) is 0. The van der Waals surface area contributed by atoms with E-state index in [1.807, 2.05) is 6.08 Å². The highest BCUT2D eigenvalue weighted by Gasteiger charge is 2.36. The number of unbranched alkanes of at least 4 members (excludes halogenated alkanes) is 13. The minimum absolute atomic E-state index is 0.186. The second-order valence-electron chi connectivity index (χ2n) is 13.8. The Balaban J connectivity index is 2.13. The Morgan fingerprint density at radius 2 is 1.24 bits per heavy atom. The van der Waals surface area contributed by atoms with Crippen molar-refractivity contribution >= 4 is 19.8 Å². The normalized spacial score (nSPS) is 17.1. The van der Waals surface area contributed by atoms with Crippen LogP contribution in [0.2, 0.25) is 0 Å². The van der Waals surface area contributed by atoms with Crippen LogP contribution in [-0.2, 0) is 32.9 Å². The SMILES string of the molecule is CCCCC/C=C\CC1OC1C/C=C\C/C=C\CCCC(=O)OC[C@H](COP(=O)(O)O)OC(=O)CCCCCCCCCCCCC(C)C. The smallest absolute Gasteiger partial charge is 0.462 e. The largest absolute Gasteiger partial charge is 0.469 e. The first kappa shape index (κ1) is 45.3. The maximum Gasteiger partial charge on any atom is 0.469 e. The van der Waals surface area contributed by atoms with E-state index in [9.17, 15) is 14.2 Å². The average molecular weight is 713 g/mol. The molecule has 0 saturated carbocycles. The summed E-state index contributed by atoms with van der Waals surface area (Å²) >= 11 is 0. The number of allylic oxidation sites excluding steroid dienone is 4. The van der Waals surface area contributed by atoms with Gasteiger partial charge in [-0.05, 0) is 57.3 Å². The lowest BCUT2D eigenvalue weighted by Crippen LogP contribution is -2.29. The number of ether oxygens (including phenoxy) is 3. The molecule has 0 aromatic heterocycles. The molecule has 1 rings (SSSR count). The Bertz CT molecular complexity index is 972. The molecule has 1 aliphatic rings. The fourth-order valence-corrected chi connectivity index (χ4v) is 5.83. The lowest BCUT2D eigenvalue weighted by molar-refractivity contribution is -0.161. The molecule has 0 radical (unpaired) electrons. The van der Waals surface area contributed by atoms with Gasteiger partial charge in [0, 0.05) is 12.8 Å². The van der Waals surface area contributed by atoms with E-state index < -0.39 is 32.5 Å². The summed E-state index contributed by atoms with van der Waals surface area (Å²) in [5.74, 6) is -0.165. The van der Waals surface area contributed by atoms with Crippen molar-refractivity contribution in [1.29, 1.82) is 0 Å². The Hall–Kier alpha value is -1.77. The van der Waals surface area contributed by atoms with Gasteiger partial charge < -0.3 is 24.0 Å². The predicted octanol–water partition coefficient (Wildman–Crippen LogP) is 10.2. The van der Waals surface area contributed by atoms with Crippen LogP contribution in [0, 0.1) is 5.92 Å². The topological polar surface area (TPSA) is 132 Å². The number of hydrogen-bond acceptors (Lipinski definition) is 7. The quantitative estimate of drug-likeness (QED) is 0.0224. The van der Waals surface area contributed by atoms with Gasteiger partial charge in [0.25, 0.3) is 0 Å². The predicted molar refractivity (Wildman–Crippen MR) is 197 cm³/mol. The summed E-state index contributed by atoms with van der Waals surface area (Å²) in [7, 11) is -4.76. The summed E-state index contributed by atoms with van der Waals surface area (Å²) < 4.78 is 32.0. The van der Waals surface area contributed by atoms with Crippen molar-refractivity contribution in [2.75, 3.05) is 13.2 Å². The zero-order chi connectivity index (χ0) is 36.0. The van der Waals surface area contributed by atoms with Crippen LogP contribution in [0.4, 0.5) is 0 Å². The first-order valence-corrected chi connectivity index (χ1v) is 20.8. The third kappa shape index (κ3) is 30.8. The number of phosphoric acid groups is 1. The van der Waals surface area contributed by atoms with Crippen molar-refractivity contribution in [3.05, 3.63) is 36.5 Å².